The summed E-state index contributed by atoms with van der Waals surface area (Å²) in [6.45, 7) is 1.84. The quantitative estimate of drug-likeness (QED) is 0.291. The van der Waals surface area contributed by atoms with Crippen LogP contribution in [0.2, 0.25) is 0 Å². The number of anilines is 2. The van der Waals surface area contributed by atoms with Gasteiger partial charge in [-0.3, -0.25) is 9.59 Å². The SMILES string of the molecule is COc1ccc(OC)c(N2C(=O)C(Cl)=C(Nc3ccc(C(=O)Oc4ccccc4C)cc3)C2=O)c1. The molecular weight excluding hydrogens is 472 g/mol. The molecule has 35 heavy (non-hydrogen) atoms. The zero-order valence-corrected chi connectivity index (χ0v) is 19.9. The van der Waals surface area contributed by atoms with Crippen LogP contribution in [-0.2, 0) is 9.59 Å². The highest BCUT2D eigenvalue weighted by atomic mass is 35.5. The fraction of sp³-hybridized carbons (Fsp3) is 0.115. The summed E-state index contributed by atoms with van der Waals surface area (Å²) in [5.41, 5.74) is 1.70. The third-order valence-corrected chi connectivity index (χ3v) is 5.69. The fourth-order valence-corrected chi connectivity index (χ4v) is 3.68. The molecule has 0 aromatic heterocycles. The number of nitrogens with zero attached hydrogens (tertiary/aromatic N) is 1. The summed E-state index contributed by atoms with van der Waals surface area (Å²) in [6, 6.07) is 18.2. The van der Waals surface area contributed by atoms with Crippen LogP contribution < -0.4 is 24.4 Å². The van der Waals surface area contributed by atoms with Gasteiger partial charge in [-0.1, -0.05) is 29.8 Å². The first-order valence-corrected chi connectivity index (χ1v) is 10.9. The highest BCUT2D eigenvalue weighted by Gasteiger charge is 2.40. The molecule has 178 valence electrons. The number of carbonyl (C=O) groups excluding carboxylic acids is 3. The molecule has 1 N–H and O–H groups in total. The lowest BCUT2D eigenvalue weighted by Crippen LogP contribution is -2.32. The van der Waals surface area contributed by atoms with Crippen LogP contribution in [0.3, 0.4) is 0 Å². The average molecular weight is 493 g/mol. The Morgan fingerprint density at radius 3 is 2.26 bits per heavy atom. The summed E-state index contributed by atoms with van der Waals surface area (Å²) < 4.78 is 15.9. The van der Waals surface area contributed by atoms with E-state index in [1.807, 2.05) is 19.1 Å². The maximum Gasteiger partial charge on any atom is 0.343 e. The fourth-order valence-electron chi connectivity index (χ4n) is 3.47. The molecule has 2 amide bonds. The van der Waals surface area contributed by atoms with E-state index in [9.17, 15) is 14.4 Å². The zero-order chi connectivity index (χ0) is 25.1. The maximum absolute atomic E-state index is 13.1. The molecule has 0 aliphatic carbocycles. The molecule has 3 aromatic carbocycles. The second kappa shape index (κ2) is 9.90. The van der Waals surface area contributed by atoms with Crippen molar-refractivity contribution in [3.63, 3.8) is 0 Å². The Hall–Kier alpha value is -4.30. The smallest absolute Gasteiger partial charge is 0.343 e. The minimum Gasteiger partial charge on any atom is -0.497 e. The van der Waals surface area contributed by atoms with Gasteiger partial charge in [0.05, 0.1) is 25.5 Å². The maximum atomic E-state index is 13.1. The van der Waals surface area contributed by atoms with Gasteiger partial charge < -0.3 is 19.5 Å². The Balaban J connectivity index is 1.53. The van der Waals surface area contributed by atoms with Crippen molar-refractivity contribution >= 4 is 40.8 Å². The standard InChI is InChI=1S/C26H21ClN2O6/c1-15-6-4-5-7-20(15)35-26(32)16-8-10-17(11-9-16)28-23-22(27)24(30)29(25(23)31)19-14-18(33-2)12-13-21(19)34-3/h4-14,28H,1-3H3. The normalized spacial score (nSPS) is 13.2. The number of rotatable bonds is 7. The molecule has 0 unspecified atom stereocenters. The second-order valence-electron chi connectivity index (χ2n) is 7.53. The first kappa shape index (κ1) is 23.8. The topological polar surface area (TPSA) is 94.2 Å². The number of benzene rings is 3. The van der Waals surface area contributed by atoms with Crippen molar-refractivity contribution in [3.8, 4) is 17.2 Å². The van der Waals surface area contributed by atoms with Gasteiger partial charge in [-0.15, -0.1) is 0 Å². The molecule has 0 atom stereocenters. The van der Waals surface area contributed by atoms with E-state index in [0.29, 0.717) is 28.5 Å². The molecule has 1 heterocycles. The Bertz CT molecular complexity index is 1350. The number of para-hydroxylation sites is 1. The number of nitrogens with one attached hydrogen (secondary N) is 1. The van der Waals surface area contributed by atoms with Crippen molar-refractivity contribution < 1.29 is 28.6 Å². The van der Waals surface area contributed by atoms with Crippen molar-refractivity contribution in [2.75, 3.05) is 24.4 Å². The largest absolute Gasteiger partial charge is 0.497 e. The highest BCUT2D eigenvalue weighted by molar-refractivity contribution is 6.53. The summed E-state index contributed by atoms with van der Waals surface area (Å²) >= 11 is 6.23. The van der Waals surface area contributed by atoms with Crippen LogP contribution in [0.4, 0.5) is 11.4 Å². The minimum atomic E-state index is -0.704. The van der Waals surface area contributed by atoms with Crippen molar-refractivity contribution in [2.24, 2.45) is 0 Å². The van der Waals surface area contributed by atoms with Gasteiger partial charge in [-0.25, -0.2) is 9.69 Å². The lowest BCUT2D eigenvalue weighted by atomic mass is 10.2. The summed E-state index contributed by atoms with van der Waals surface area (Å²) in [4.78, 5) is 39.4. The van der Waals surface area contributed by atoms with Crippen LogP contribution in [0.25, 0.3) is 0 Å². The number of amides is 2. The number of aryl methyl sites for hydroxylation is 1. The van der Waals surface area contributed by atoms with E-state index < -0.39 is 17.8 Å². The third-order valence-electron chi connectivity index (χ3n) is 5.34. The van der Waals surface area contributed by atoms with E-state index in [4.69, 9.17) is 25.8 Å². The molecule has 0 spiro atoms. The molecule has 8 nitrogen and oxygen atoms in total. The molecule has 0 bridgehead atoms. The van der Waals surface area contributed by atoms with Crippen LogP contribution in [0.15, 0.2) is 77.5 Å². The first-order chi connectivity index (χ1) is 16.8. The van der Waals surface area contributed by atoms with E-state index in [1.165, 1.54) is 20.3 Å². The molecule has 0 saturated heterocycles. The van der Waals surface area contributed by atoms with Gasteiger partial charge in [0.2, 0.25) is 0 Å². The molecule has 1 aliphatic heterocycles. The summed E-state index contributed by atoms with van der Waals surface area (Å²) in [7, 11) is 2.90. The lowest BCUT2D eigenvalue weighted by Gasteiger charge is -2.19. The molecule has 0 fully saturated rings. The molecule has 0 saturated carbocycles. The lowest BCUT2D eigenvalue weighted by molar-refractivity contribution is -0.120. The summed E-state index contributed by atoms with van der Waals surface area (Å²) in [6.07, 6.45) is 0. The van der Waals surface area contributed by atoms with Gasteiger partial charge in [0.15, 0.2) is 0 Å². The number of methoxy groups -OCH3 is 2. The van der Waals surface area contributed by atoms with Gasteiger partial charge in [-0.2, -0.15) is 0 Å². The number of hydrogen-bond donors (Lipinski definition) is 1. The third kappa shape index (κ3) is 4.69. The Morgan fingerprint density at radius 2 is 1.60 bits per heavy atom. The van der Waals surface area contributed by atoms with Crippen LogP contribution >= 0.6 is 11.6 Å². The van der Waals surface area contributed by atoms with Crippen LogP contribution in [0.1, 0.15) is 15.9 Å². The summed E-state index contributed by atoms with van der Waals surface area (Å²) in [5.74, 6) is -0.674. The second-order valence-corrected chi connectivity index (χ2v) is 7.91. The number of halogens is 1. The molecule has 3 aromatic rings. The molecular formula is C26H21ClN2O6. The van der Waals surface area contributed by atoms with E-state index >= 15 is 0 Å². The van der Waals surface area contributed by atoms with Gasteiger partial charge in [0, 0.05) is 11.8 Å². The first-order valence-electron chi connectivity index (χ1n) is 10.5. The number of carbonyl (C=O) groups is 3. The van der Waals surface area contributed by atoms with E-state index in [-0.39, 0.29) is 16.4 Å². The number of imide groups is 1. The van der Waals surface area contributed by atoms with Gasteiger partial charge >= 0.3 is 5.97 Å². The number of ether oxygens (including phenoxy) is 3. The Kier molecular flexibility index (Phi) is 6.75. The van der Waals surface area contributed by atoms with Gasteiger partial charge in [0.25, 0.3) is 11.8 Å². The predicted octanol–water partition coefficient (Wildman–Crippen LogP) is 4.67. The molecule has 1 aliphatic rings. The van der Waals surface area contributed by atoms with Crippen LogP contribution in [0.5, 0.6) is 17.2 Å². The average Bonchev–Trinajstić information content (AvgIpc) is 3.08. The molecule has 9 heteroatoms. The van der Waals surface area contributed by atoms with Crippen molar-refractivity contribution in [2.45, 2.75) is 6.92 Å². The van der Waals surface area contributed by atoms with E-state index in [2.05, 4.69) is 5.32 Å². The summed E-state index contributed by atoms with van der Waals surface area (Å²) in [5, 5.41) is 2.60. The molecule has 4 rings (SSSR count). The monoisotopic (exact) mass is 492 g/mol. The zero-order valence-electron chi connectivity index (χ0n) is 19.1. The highest BCUT2D eigenvalue weighted by Crippen LogP contribution is 2.38. The van der Waals surface area contributed by atoms with E-state index in [0.717, 1.165) is 10.5 Å². The van der Waals surface area contributed by atoms with Crippen molar-refractivity contribution in [3.05, 3.63) is 88.6 Å². The minimum absolute atomic E-state index is 0.100. The Morgan fingerprint density at radius 1 is 0.886 bits per heavy atom. The number of esters is 1. The van der Waals surface area contributed by atoms with Gasteiger partial charge in [-0.05, 0) is 55.0 Å². The van der Waals surface area contributed by atoms with Crippen molar-refractivity contribution in [1.82, 2.24) is 0 Å². The van der Waals surface area contributed by atoms with Crippen molar-refractivity contribution in [1.29, 1.82) is 0 Å². The number of hydrogen-bond acceptors (Lipinski definition) is 7. The van der Waals surface area contributed by atoms with Crippen LogP contribution in [-0.4, -0.2) is 32.0 Å². The Labute approximate surface area is 206 Å². The van der Waals surface area contributed by atoms with E-state index in [1.54, 1.807) is 48.5 Å². The predicted molar refractivity (Wildman–Crippen MR) is 131 cm³/mol. The molecule has 0 radical (unpaired) electrons. The van der Waals surface area contributed by atoms with Gasteiger partial charge in [0.1, 0.15) is 28.0 Å². The van der Waals surface area contributed by atoms with Crippen LogP contribution in [0, 0.1) is 6.92 Å².